The van der Waals surface area contributed by atoms with Gasteiger partial charge in [-0.25, -0.2) is 0 Å². The highest BCUT2D eigenvalue weighted by Crippen LogP contribution is 2.30. The van der Waals surface area contributed by atoms with Crippen molar-refractivity contribution in [2.24, 2.45) is 11.8 Å². The van der Waals surface area contributed by atoms with Crippen molar-refractivity contribution in [3.8, 4) is 0 Å². The van der Waals surface area contributed by atoms with Crippen LogP contribution in [0.1, 0.15) is 105 Å². The van der Waals surface area contributed by atoms with Crippen LogP contribution >= 0.6 is 0 Å². The molecular formula is C33H50N4O4. The van der Waals surface area contributed by atoms with Gasteiger partial charge in [0.1, 0.15) is 23.6 Å². The van der Waals surface area contributed by atoms with Crippen LogP contribution in [0.3, 0.4) is 0 Å². The number of carbonyl (C=O) groups is 2. The van der Waals surface area contributed by atoms with Gasteiger partial charge in [-0.3, -0.25) is 9.59 Å². The monoisotopic (exact) mass is 566 g/mol. The first-order valence-electron chi connectivity index (χ1n) is 16.1. The highest BCUT2D eigenvalue weighted by Gasteiger charge is 2.34. The summed E-state index contributed by atoms with van der Waals surface area (Å²) in [5.41, 5.74) is 2.34. The summed E-state index contributed by atoms with van der Waals surface area (Å²) in [4.78, 5) is 29.6. The second-order valence-electron chi connectivity index (χ2n) is 12.5. The molecule has 2 aromatic heterocycles. The SMILES string of the molecule is CNC1C(=O)N(CC2CCCCC2)CCc2ccoc21.CNC1C(=O)N(CC2CCCCCC2)CCc2ccoc21. The minimum atomic E-state index is -0.316. The highest BCUT2D eigenvalue weighted by atomic mass is 16.3. The number of likely N-dealkylation sites (N-methyl/N-ethyl adjacent to an activating group) is 2. The van der Waals surface area contributed by atoms with Crippen LogP contribution in [0.2, 0.25) is 0 Å². The van der Waals surface area contributed by atoms with Crippen molar-refractivity contribution in [1.82, 2.24) is 20.4 Å². The highest BCUT2D eigenvalue weighted by molar-refractivity contribution is 5.84. The zero-order valence-electron chi connectivity index (χ0n) is 25.2. The first-order chi connectivity index (χ1) is 20.1. The van der Waals surface area contributed by atoms with Crippen molar-refractivity contribution in [3.05, 3.63) is 47.3 Å². The Bertz CT molecular complexity index is 1110. The molecule has 4 heterocycles. The third-order valence-corrected chi connectivity index (χ3v) is 9.74. The number of nitrogens with one attached hydrogen (secondary N) is 2. The van der Waals surface area contributed by atoms with Gasteiger partial charge in [-0.05, 0) is 87.7 Å². The maximum absolute atomic E-state index is 12.8. The topological polar surface area (TPSA) is 91.0 Å². The van der Waals surface area contributed by atoms with Crippen molar-refractivity contribution in [2.45, 2.75) is 95.6 Å². The molecule has 2 atom stereocenters. The number of amides is 2. The van der Waals surface area contributed by atoms with Crippen LogP contribution in [0.5, 0.6) is 0 Å². The first kappa shape index (κ1) is 29.9. The third-order valence-electron chi connectivity index (χ3n) is 9.74. The summed E-state index contributed by atoms with van der Waals surface area (Å²) in [7, 11) is 3.67. The van der Waals surface area contributed by atoms with Crippen molar-refractivity contribution >= 4 is 11.8 Å². The third kappa shape index (κ3) is 7.26. The number of hydrogen-bond donors (Lipinski definition) is 2. The van der Waals surface area contributed by atoms with Gasteiger partial charge in [0.2, 0.25) is 11.8 Å². The van der Waals surface area contributed by atoms with Crippen LogP contribution in [0.25, 0.3) is 0 Å². The number of carbonyl (C=O) groups excluding carboxylic acids is 2. The summed E-state index contributed by atoms with van der Waals surface area (Å²) >= 11 is 0. The zero-order valence-corrected chi connectivity index (χ0v) is 25.2. The van der Waals surface area contributed by atoms with Crippen molar-refractivity contribution < 1.29 is 18.4 Å². The predicted molar refractivity (Wildman–Crippen MR) is 159 cm³/mol. The van der Waals surface area contributed by atoms with E-state index in [0.29, 0.717) is 11.8 Å². The summed E-state index contributed by atoms with van der Waals surface area (Å²) in [5, 5.41) is 6.25. The van der Waals surface area contributed by atoms with Crippen LogP contribution in [0.15, 0.2) is 33.5 Å². The predicted octanol–water partition coefficient (Wildman–Crippen LogP) is 5.40. The van der Waals surface area contributed by atoms with Crippen molar-refractivity contribution in [1.29, 1.82) is 0 Å². The maximum atomic E-state index is 12.8. The summed E-state index contributed by atoms with van der Waals surface area (Å²) in [5.74, 6) is 3.34. The number of furan rings is 2. The smallest absolute Gasteiger partial charge is 0.247 e. The fraction of sp³-hybridized carbons (Fsp3) is 0.697. The van der Waals surface area contributed by atoms with Crippen LogP contribution in [-0.2, 0) is 22.4 Å². The van der Waals surface area contributed by atoms with Gasteiger partial charge in [-0.2, -0.15) is 0 Å². The van der Waals surface area contributed by atoms with E-state index < -0.39 is 0 Å². The molecular weight excluding hydrogens is 516 g/mol. The van der Waals surface area contributed by atoms with Crippen molar-refractivity contribution in [2.75, 3.05) is 40.3 Å². The number of nitrogens with zero attached hydrogens (tertiary/aromatic N) is 2. The molecule has 0 radical (unpaired) electrons. The molecule has 2 aliphatic carbocycles. The molecule has 0 bridgehead atoms. The molecule has 2 N–H and O–H groups in total. The summed E-state index contributed by atoms with van der Waals surface area (Å²) < 4.78 is 11.1. The Hall–Kier alpha value is -2.58. The van der Waals surface area contributed by atoms with Gasteiger partial charge in [-0.15, -0.1) is 0 Å². The second kappa shape index (κ2) is 14.5. The molecule has 226 valence electrons. The Labute approximate surface area is 245 Å². The number of fused-ring (bicyclic) bond motifs is 2. The number of hydrogen-bond acceptors (Lipinski definition) is 6. The largest absolute Gasteiger partial charge is 0.467 e. The molecule has 0 spiro atoms. The van der Waals surface area contributed by atoms with E-state index in [1.807, 2.05) is 31.1 Å². The Morgan fingerprint density at radius 2 is 1.05 bits per heavy atom. The molecule has 2 amide bonds. The molecule has 0 saturated heterocycles. The van der Waals surface area contributed by atoms with Gasteiger partial charge in [0.25, 0.3) is 0 Å². The molecule has 2 aromatic rings. The molecule has 4 aliphatic rings. The van der Waals surface area contributed by atoms with Gasteiger partial charge in [0.15, 0.2) is 0 Å². The van der Waals surface area contributed by atoms with E-state index >= 15 is 0 Å². The van der Waals surface area contributed by atoms with Gasteiger partial charge in [0.05, 0.1) is 12.5 Å². The molecule has 2 unspecified atom stereocenters. The van der Waals surface area contributed by atoms with E-state index in [4.69, 9.17) is 8.83 Å². The molecule has 2 aliphatic heterocycles. The normalized spacial score (nSPS) is 24.5. The average molecular weight is 567 g/mol. The fourth-order valence-electron chi connectivity index (χ4n) is 7.35. The van der Waals surface area contributed by atoms with Crippen molar-refractivity contribution in [3.63, 3.8) is 0 Å². The summed E-state index contributed by atoms with van der Waals surface area (Å²) in [6, 6.07) is 3.37. The maximum Gasteiger partial charge on any atom is 0.247 e. The Morgan fingerprint density at radius 1 is 0.659 bits per heavy atom. The lowest BCUT2D eigenvalue weighted by Gasteiger charge is -2.30. The zero-order chi connectivity index (χ0) is 28.6. The van der Waals surface area contributed by atoms with Gasteiger partial charge in [0, 0.05) is 26.2 Å². The van der Waals surface area contributed by atoms with Gasteiger partial charge in [-0.1, -0.05) is 44.9 Å². The molecule has 2 fully saturated rings. The van der Waals surface area contributed by atoms with E-state index in [0.717, 1.165) is 50.5 Å². The first-order valence-corrected chi connectivity index (χ1v) is 16.1. The molecule has 41 heavy (non-hydrogen) atoms. The standard InChI is InChI=1S/C17H26N2O2.C16H24N2O2/c1-18-15-16-14(9-11-21-16)8-10-19(17(15)20)12-13-6-4-2-3-5-7-13;1-17-14-15-13(8-10-20-15)7-9-18(16(14)19)11-12-5-3-2-4-6-12/h9,11,13,15,18H,2-8,10,12H2,1H3;8,10,12,14,17H,2-7,9,11H2,1H3. The summed E-state index contributed by atoms with van der Waals surface area (Å²) in [6.07, 6.45) is 19.7. The van der Waals surface area contributed by atoms with Gasteiger partial charge >= 0.3 is 0 Å². The Morgan fingerprint density at radius 3 is 1.44 bits per heavy atom. The second-order valence-corrected chi connectivity index (χ2v) is 12.5. The van der Waals surface area contributed by atoms with E-state index in [-0.39, 0.29) is 23.9 Å². The lowest BCUT2D eigenvalue weighted by molar-refractivity contribution is -0.135. The lowest BCUT2D eigenvalue weighted by Crippen LogP contribution is -2.41. The minimum absolute atomic E-state index is 0.173. The molecule has 8 heteroatoms. The summed E-state index contributed by atoms with van der Waals surface area (Å²) in [6.45, 7) is 3.47. The van der Waals surface area contributed by atoms with E-state index in [9.17, 15) is 9.59 Å². The Kier molecular flexibility index (Phi) is 10.6. The minimum Gasteiger partial charge on any atom is -0.467 e. The van der Waals surface area contributed by atoms with Gasteiger partial charge < -0.3 is 29.3 Å². The van der Waals surface area contributed by atoms with E-state index in [2.05, 4.69) is 15.5 Å². The average Bonchev–Trinajstić information content (AvgIpc) is 3.51. The fourth-order valence-corrected chi connectivity index (χ4v) is 7.35. The Balaban J connectivity index is 0.000000165. The molecule has 2 saturated carbocycles. The number of rotatable bonds is 6. The van der Waals surface area contributed by atoms with E-state index in [1.54, 1.807) is 12.5 Å². The van der Waals surface area contributed by atoms with Crippen LogP contribution in [-0.4, -0.2) is 61.9 Å². The van der Waals surface area contributed by atoms with Crippen LogP contribution in [0.4, 0.5) is 0 Å². The van der Waals surface area contributed by atoms with E-state index in [1.165, 1.54) is 81.8 Å². The van der Waals surface area contributed by atoms with Crippen LogP contribution in [0, 0.1) is 11.8 Å². The molecule has 6 rings (SSSR count). The lowest BCUT2D eigenvalue weighted by atomic mass is 9.89. The van der Waals surface area contributed by atoms with Crippen LogP contribution < -0.4 is 10.6 Å². The molecule has 0 aromatic carbocycles. The quantitative estimate of drug-likeness (QED) is 0.455. The molecule has 8 nitrogen and oxygen atoms in total.